The van der Waals surface area contributed by atoms with E-state index in [0.717, 1.165) is 0 Å². The average molecular weight is 1750 g/mol. The standard InChI is InChI=1S/3C46H30/c1-3-15-31(16-4-1)34-29-33-19-7-8-20-35(33)44(30-34)46-41-25-13-11-23-39(41)45(40-24-12-14-26-42(40)46)43-28-27-36(32-17-5-2-6-18-32)37-21-9-10-22-38(37)43;1-2-13-31(14-3-1)37-29-30-44(39-19-7-6-18-38(37)39)46-42-22-10-8-20-40(42)45(41-21-9-11-23-43(41)46)34-27-25-33(26-28-34)36-24-12-16-32-15-4-5-17-35(32)36;1-2-13-33(14-3-1)37-28-29-44(39-17-7-6-16-38(37)39)46-42-20-10-8-18-40(42)45(41-19-9-11-21-43(41)46)34-25-22-32(23-26-34)36-27-24-31-12-4-5-15-35(31)30-36/h3*1-30H. The number of benzene rings is 27. The molecule has 0 saturated carbocycles. The Labute approximate surface area is 802 Å². The van der Waals surface area contributed by atoms with Crippen molar-refractivity contribution >= 4 is 129 Å². The van der Waals surface area contributed by atoms with Crippen molar-refractivity contribution in [2.75, 3.05) is 0 Å². The molecule has 0 spiro atoms. The average Bonchev–Trinajstić information content (AvgIpc) is 0.744. The highest BCUT2D eigenvalue weighted by Crippen LogP contribution is 2.53. The lowest BCUT2D eigenvalue weighted by Gasteiger charge is -2.21. The molecular weight excluding hydrogens is 1660 g/mol. The van der Waals surface area contributed by atoms with E-state index in [9.17, 15) is 0 Å². The zero-order chi connectivity index (χ0) is 91.4. The summed E-state index contributed by atoms with van der Waals surface area (Å²) in [6.45, 7) is 0. The maximum atomic E-state index is 2.40. The summed E-state index contributed by atoms with van der Waals surface area (Å²) in [4.78, 5) is 0. The third-order valence-corrected chi connectivity index (χ3v) is 28.4. The summed E-state index contributed by atoms with van der Waals surface area (Å²) in [5.41, 5.74) is 30.1. The van der Waals surface area contributed by atoms with Gasteiger partial charge in [0.15, 0.2) is 0 Å². The molecule has 0 aromatic heterocycles. The van der Waals surface area contributed by atoms with E-state index in [0.29, 0.717) is 0 Å². The van der Waals surface area contributed by atoms with Gasteiger partial charge in [-0.15, -0.1) is 0 Å². The van der Waals surface area contributed by atoms with Gasteiger partial charge in [-0.1, -0.05) is 528 Å². The van der Waals surface area contributed by atoms with Gasteiger partial charge in [-0.05, 0) is 281 Å². The first-order valence-electron chi connectivity index (χ1n) is 47.8. The topological polar surface area (TPSA) is 0 Å². The molecule has 0 radical (unpaired) electrons. The van der Waals surface area contributed by atoms with Gasteiger partial charge in [0, 0.05) is 0 Å². The monoisotopic (exact) mass is 1750 g/mol. The van der Waals surface area contributed by atoms with Crippen LogP contribution in [-0.4, -0.2) is 0 Å². The summed E-state index contributed by atoms with van der Waals surface area (Å²) in [7, 11) is 0. The van der Waals surface area contributed by atoms with Crippen LogP contribution in [0.5, 0.6) is 0 Å². The van der Waals surface area contributed by atoms with Crippen molar-refractivity contribution < 1.29 is 0 Å². The van der Waals surface area contributed by atoms with Crippen LogP contribution in [0.2, 0.25) is 0 Å². The fourth-order valence-electron chi connectivity index (χ4n) is 22.1. The smallest absolute Gasteiger partial charge is 0.00199 e. The van der Waals surface area contributed by atoms with Gasteiger partial charge in [-0.3, -0.25) is 0 Å². The second kappa shape index (κ2) is 35.5. The molecule has 27 rings (SSSR count). The van der Waals surface area contributed by atoms with Crippen molar-refractivity contribution in [2.24, 2.45) is 0 Å². The molecule has 0 heterocycles. The summed E-state index contributed by atoms with van der Waals surface area (Å²) in [5.74, 6) is 0. The fourth-order valence-corrected chi connectivity index (χ4v) is 22.1. The molecule has 0 bridgehead atoms. The third kappa shape index (κ3) is 14.7. The molecule has 0 atom stereocenters. The molecular formula is C138H90. The van der Waals surface area contributed by atoms with Crippen LogP contribution >= 0.6 is 0 Å². The van der Waals surface area contributed by atoms with Crippen molar-refractivity contribution in [1.29, 1.82) is 0 Å². The fraction of sp³-hybridized carbons (Fsp3) is 0. The van der Waals surface area contributed by atoms with Gasteiger partial charge in [0.25, 0.3) is 0 Å². The Kier molecular flexibility index (Phi) is 21.1. The Morgan fingerprint density at radius 2 is 0.283 bits per heavy atom. The van der Waals surface area contributed by atoms with Crippen molar-refractivity contribution in [3.63, 3.8) is 0 Å². The molecule has 0 nitrogen and oxygen atoms in total. The lowest BCUT2D eigenvalue weighted by atomic mass is 9.82. The Hall–Kier alpha value is -17.9. The van der Waals surface area contributed by atoms with Crippen molar-refractivity contribution in [2.45, 2.75) is 0 Å². The van der Waals surface area contributed by atoms with Crippen LogP contribution in [0.3, 0.4) is 0 Å². The molecule has 0 amide bonds. The van der Waals surface area contributed by atoms with E-state index >= 15 is 0 Å². The third-order valence-electron chi connectivity index (χ3n) is 28.4. The minimum atomic E-state index is 1.23. The summed E-state index contributed by atoms with van der Waals surface area (Å²) in [6.07, 6.45) is 0. The summed E-state index contributed by atoms with van der Waals surface area (Å²) >= 11 is 0. The minimum Gasteiger partial charge on any atom is -0.0622 e. The van der Waals surface area contributed by atoms with Gasteiger partial charge >= 0.3 is 0 Å². The molecule has 138 heavy (non-hydrogen) atoms. The van der Waals surface area contributed by atoms with E-state index in [1.165, 1.54) is 263 Å². The maximum Gasteiger partial charge on any atom is -0.00199 e. The van der Waals surface area contributed by atoms with Gasteiger partial charge in [0.05, 0.1) is 0 Å². The van der Waals surface area contributed by atoms with Crippen LogP contribution in [0.15, 0.2) is 546 Å². The lowest BCUT2D eigenvalue weighted by molar-refractivity contribution is 1.62. The largest absolute Gasteiger partial charge is 0.0622 e. The number of hydrogen-bond acceptors (Lipinski definition) is 0. The highest BCUT2D eigenvalue weighted by molar-refractivity contribution is 6.29. The summed E-state index contributed by atoms with van der Waals surface area (Å²) < 4.78 is 0. The van der Waals surface area contributed by atoms with Gasteiger partial charge in [0.2, 0.25) is 0 Å². The maximum absolute atomic E-state index is 2.40. The van der Waals surface area contributed by atoms with E-state index < -0.39 is 0 Å². The SMILES string of the molecule is c1ccc(-c2cc(-c3c4ccccc4c(-c4ccc(-c5ccccc5)c5ccccc45)c4ccccc34)c3ccccc3c2)cc1.c1ccc(-c2ccc(-c3c4ccccc4c(-c4ccc(-c5ccc6ccccc6c5)cc4)c4ccccc34)c3ccccc23)cc1.c1ccc(-c2ccc(-c3c4ccccc4c(-c4ccc(-c5cccc6ccccc56)cc4)c4ccccc34)c3ccccc23)cc1. The van der Waals surface area contributed by atoms with E-state index in [1.54, 1.807) is 0 Å². The van der Waals surface area contributed by atoms with Crippen molar-refractivity contribution in [3.8, 4) is 134 Å². The molecule has 0 fully saturated rings. The highest BCUT2D eigenvalue weighted by atomic mass is 14.3. The van der Waals surface area contributed by atoms with Crippen LogP contribution in [-0.2, 0) is 0 Å². The van der Waals surface area contributed by atoms with Crippen molar-refractivity contribution in [3.05, 3.63) is 546 Å². The quantitative estimate of drug-likeness (QED) is 0.107. The van der Waals surface area contributed by atoms with Crippen LogP contribution < -0.4 is 0 Å². The van der Waals surface area contributed by atoms with Crippen LogP contribution in [0, 0.1) is 0 Å². The van der Waals surface area contributed by atoms with Gasteiger partial charge < -0.3 is 0 Å². The Balaban J connectivity index is 0.000000110. The second-order valence-electron chi connectivity index (χ2n) is 36.1. The second-order valence-corrected chi connectivity index (χ2v) is 36.1. The van der Waals surface area contributed by atoms with Crippen molar-refractivity contribution in [1.82, 2.24) is 0 Å². The molecule has 0 aliphatic carbocycles. The molecule has 0 aliphatic heterocycles. The zero-order valence-corrected chi connectivity index (χ0v) is 76.0. The minimum absolute atomic E-state index is 1.23. The molecule has 27 aromatic rings. The highest BCUT2D eigenvalue weighted by Gasteiger charge is 2.26. The molecule has 0 saturated heterocycles. The predicted molar refractivity (Wildman–Crippen MR) is 595 cm³/mol. The normalized spacial score (nSPS) is 11.5. The molecule has 27 aromatic carbocycles. The van der Waals surface area contributed by atoms with E-state index in [1.807, 2.05) is 0 Å². The number of hydrogen-bond donors (Lipinski definition) is 0. The van der Waals surface area contributed by atoms with Gasteiger partial charge in [0.1, 0.15) is 0 Å². The molecule has 0 aliphatic rings. The number of fused-ring (bicyclic) bond motifs is 12. The molecule has 0 unspecified atom stereocenters. The zero-order valence-electron chi connectivity index (χ0n) is 76.0. The Morgan fingerprint density at radius 1 is 0.0725 bits per heavy atom. The molecule has 0 N–H and O–H groups in total. The number of rotatable bonds is 12. The molecule has 0 heteroatoms. The molecule has 642 valence electrons. The van der Waals surface area contributed by atoms with E-state index in [-0.39, 0.29) is 0 Å². The first-order chi connectivity index (χ1) is 68.5. The van der Waals surface area contributed by atoms with Crippen LogP contribution in [0.4, 0.5) is 0 Å². The van der Waals surface area contributed by atoms with Gasteiger partial charge in [-0.25, -0.2) is 0 Å². The summed E-state index contributed by atoms with van der Waals surface area (Å²) in [6, 6.07) is 199. The summed E-state index contributed by atoms with van der Waals surface area (Å²) in [5, 5.41) is 30.4. The Bertz CT molecular complexity index is 9220. The van der Waals surface area contributed by atoms with Gasteiger partial charge in [-0.2, -0.15) is 0 Å². The Morgan fingerprint density at radius 3 is 0.645 bits per heavy atom. The first-order valence-corrected chi connectivity index (χ1v) is 47.8. The van der Waals surface area contributed by atoms with E-state index in [2.05, 4.69) is 546 Å². The predicted octanol–water partition coefficient (Wildman–Crippen LogP) is 38.9. The van der Waals surface area contributed by atoms with E-state index in [4.69, 9.17) is 0 Å². The van der Waals surface area contributed by atoms with Crippen LogP contribution in [0.1, 0.15) is 0 Å². The lowest BCUT2D eigenvalue weighted by Crippen LogP contribution is -1.93. The van der Waals surface area contributed by atoms with Crippen LogP contribution in [0.25, 0.3) is 263 Å². The first kappa shape index (κ1) is 82.0.